The van der Waals surface area contributed by atoms with Crippen molar-refractivity contribution in [3.63, 3.8) is 0 Å². The van der Waals surface area contributed by atoms with Crippen LogP contribution in [0, 0.1) is 0 Å². The third-order valence-corrected chi connectivity index (χ3v) is 7.33. The summed E-state index contributed by atoms with van der Waals surface area (Å²) in [6.07, 6.45) is -4.07. The molecule has 1 amide bonds. The van der Waals surface area contributed by atoms with Crippen molar-refractivity contribution < 1.29 is 35.9 Å². The highest BCUT2D eigenvalue weighted by atomic mass is 32.2. The predicted molar refractivity (Wildman–Crippen MR) is 119 cm³/mol. The van der Waals surface area contributed by atoms with Crippen LogP contribution in [0.1, 0.15) is 12.0 Å². The highest BCUT2D eigenvalue weighted by Gasteiger charge is 2.32. The fourth-order valence-electron chi connectivity index (χ4n) is 3.61. The molecule has 1 N–H and O–H groups in total. The molecule has 0 aliphatic carbocycles. The second-order valence-electron chi connectivity index (χ2n) is 7.67. The number of ether oxygens (including phenoxy) is 2. The van der Waals surface area contributed by atoms with Crippen LogP contribution in [0.15, 0.2) is 47.4 Å². The van der Waals surface area contributed by atoms with Gasteiger partial charge in [-0.3, -0.25) is 9.69 Å². The number of alkyl halides is 3. The molecule has 186 valence electrons. The van der Waals surface area contributed by atoms with E-state index in [0.717, 1.165) is 24.3 Å². The Bertz CT molecular complexity index is 1110. The highest BCUT2D eigenvalue weighted by Crippen LogP contribution is 2.31. The van der Waals surface area contributed by atoms with Crippen LogP contribution in [0.3, 0.4) is 0 Å². The summed E-state index contributed by atoms with van der Waals surface area (Å²) in [5.41, 5.74) is -0.428. The van der Waals surface area contributed by atoms with Crippen LogP contribution in [0.4, 0.5) is 18.9 Å². The second kappa shape index (κ2) is 10.6. The summed E-state index contributed by atoms with van der Waals surface area (Å²) < 4.78 is 75.8. The summed E-state index contributed by atoms with van der Waals surface area (Å²) in [5.74, 6) is 0.733. The summed E-state index contributed by atoms with van der Waals surface area (Å²) in [6, 6.07) is 8.45. The number of rotatable bonds is 7. The Balaban J connectivity index is 1.61. The average molecular weight is 502 g/mol. The van der Waals surface area contributed by atoms with E-state index in [1.165, 1.54) is 18.5 Å². The van der Waals surface area contributed by atoms with Crippen LogP contribution in [0.5, 0.6) is 11.5 Å². The molecule has 0 aromatic heterocycles. The van der Waals surface area contributed by atoms with E-state index in [-0.39, 0.29) is 30.4 Å². The Morgan fingerprint density at radius 1 is 1.00 bits per heavy atom. The number of sulfonamides is 1. The standard InChI is InChI=1S/C22H26F3N3O5S/c1-32-17-6-9-19(20(14-17)33-2)26-21(29)15-27-10-3-11-28(13-12-27)34(30,31)18-7-4-16(5-8-18)22(23,24)25/h4-9,14H,3,10-13,15H2,1-2H3,(H,26,29). The number of halogens is 3. The molecule has 34 heavy (non-hydrogen) atoms. The van der Waals surface area contributed by atoms with E-state index in [0.29, 0.717) is 36.7 Å². The van der Waals surface area contributed by atoms with Gasteiger partial charge in [0, 0.05) is 25.7 Å². The molecule has 8 nitrogen and oxygen atoms in total. The fourth-order valence-corrected chi connectivity index (χ4v) is 5.07. The zero-order valence-corrected chi connectivity index (χ0v) is 19.6. The first-order chi connectivity index (χ1) is 16.0. The maximum Gasteiger partial charge on any atom is 0.416 e. The van der Waals surface area contributed by atoms with Gasteiger partial charge in [0.1, 0.15) is 11.5 Å². The van der Waals surface area contributed by atoms with Crippen molar-refractivity contribution in [2.24, 2.45) is 0 Å². The molecule has 0 unspecified atom stereocenters. The molecule has 0 bridgehead atoms. The third-order valence-electron chi connectivity index (χ3n) is 5.42. The number of nitrogens with one attached hydrogen (secondary N) is 1. The minimum absolute atomic E-state index is 0.0450. The van der Waals surface area contributed by atoms with Crippen LogP contribution in [-0.4, -0.2) is 70.5 Å². The number of benzene rings is 2. The van der Waals surface area contributed by atoms with Crippen molar-refractivity contribution >= 4 is 21.6 Å². The summed E-state index contributed by atoms with van der Waals surface area (Å²) in [4.78, 5) is 14.2. The first kappa shape index (κ1) is 25.8. The highest BCUT2D eigenvalue weighted by molar-refractivity contribution is 7.89. The average Bonchev–Trinajstić information content (AvgIpc) is 3.05. The molecule has 2 aromatic carbocycles. The number of methoxy groups -OCH3 is 2. The van der Waals surface area contributed by atoms with E-state index < -0.39 is 21.8 Å². The SMILES string of the molecule is COc1ccc(NC(=O)CN2CCCN(S(=O)(=O)c3ccc(C(F)(F)F)cc3)CC2)c(OC)c1. The van der Waals surface area contributed by atoms with Crippen LogP contribution < -0.4 is 14.8 Å². The largest absolute Gasteiger partial charge is 0.497 e. The molecule has 3 rings (SSSR count). The summed E-state index contributed by atoms with van der Waals surface area (Å²) >= 11 is 0. The molecule has 0 spiro atoms. The van der Waals surface area contributed by atoms with Gasteiger partial charge in [0.15, 0.2) is 0 Å². The van der Waals surface area contributed by atoms with Gasteiger partial charge < -0.3 is 14.8 Å². The molecule has 1 fully saturated rings. The second-order valence-corrected chi connectivity index (χ2v) is 9.61. The molecule has 0 saturated carbocycles. The van der Waals surface area contributed by atoms with Gasteiger partial charge in [0.25, 0.3) is 0 Å². The van der Waals surface area contributed by atoms with Crippen molar-refractivity contribution in [3.05, 3.63) is 48.0 Å². The lowest BCUT2D eigenvalue weighted by Gasteiger charge is -2.22. The van der Waals surface area contributed by atoms with Gasteiger partial charge in [-0.25, -0.2) is 8.42 Å². The quantitative estimate of drug-likeness (QED) is 0.628. The van der Waals surface area contributed by atoms with Gasteiger partial charge >= 0.3 is 6.18 Å². The maximum absolute atomic E-state index is 12.9. The van der Waals surface area contributed by atoms with Crippen molar-refractivity contribution in [1.29, 1.82) is 0 Å². The molecule has 1 saturated heterocycles. The Labute approximate surface area is 196 Å². The molecule has 12 heteroatoms. The van der Waals surface area contributed by atoms with E-state index in [2.05, 4.69) is 5.32 Å². The maximum atomic E-state index is 12.9. The summed E-state index contributed by atoms with van der Waals surface area (Å²) in [6.45, 7) is 1.15. The number of nitrogens with zero attached hydrogens (tertiary/aromatic N) is 2. The number of hydrogen-bond acceptors (Lipinski definition) is 6. The van der Waals surface area contributed by atoms with Crippen molar-refractivity contribution in [1.82, 2.24) is 9.21 Å². The van der Waals surface area contributed by atoms with E-state index >= 15 is 0 Å². The van der Waals surface area contributed by atoms with Crippen molar-refractivity contribution in [2.45, 2.75) is 17.5 Å². The molecule has 1 heterocycles. The van der Waals surface area contributed by atoms with Crippen LogP contribution in [-0.2, 0) is 21.0 Å². The number of carbonyl (C=O) groups is 1. The fraction of sp³-hybridized carbons (Fsp3) is 0.409. The van der Waals surface area contributed by atoms with Gasteiger partial charge in [-0.2, -0.15) is 17.5 Å². The first-order valence-corrected chi connectivity index (χ1v) is 11.9. The zero-order valence-electron chi connectivity index (χ0n) is 18.8. The molecule has 1 aliphatic rings. The Morgan fingerprint density at radius 2 is 1.71 bits per heavy atom. The molecule has 0 radical (unpaired) electrons. The normalized spacial score (nSPS) is 16.0. The smallest absolute Gasteiger partial charge is 0.416 e. The minimum atomic E-state index is -4.54. The monoisotopic (exact) mass is 501 g/mol. The van der Waals surface area contributed by atoms with Crippen LogP contribution >= 0.6 is 0 Å². The number of hydrogen-bond donors (Lipinski definition) is 1. The molecular formula is C22H26F3N3O5S. The Morgan fingerprint density at radius 3 is 2.32 bits per heavy atom. The predicted octanol–water partition coefficient (Wildman–Crippen LogP) is 3.06. The number of amides is 1. The van der Waals surface area contributed by atoms with E-state index in [1.54, 1.807) is 18.2 Å². The molecule has 2 aromatic rings. The number of carbonyl (C=O) groups excluding carboxylic acids is 1. The first-order valence-electron chi connectivity index (χ1n) is 10.5. The topological polar surface area (TPSA) is 88.2 Å². The molecule has 0 atom stereocenters. The summed E-state index contributed by atoms with van der Waals surface area (Å²) in [5, 5.41) is 2.78. The van der Waals surface area contributed by atoms with Crippen molar-refractivity contribution in [3.8, 4) is 11.5 Å². The van der Waals surface area contributed by atoms with Gasteiger partial charge in [0.05, 0.1) is 36.9 Å². The Kier molecular flexibility index (Phi) is 8.05. The molecule has 1 aliphatic heterocycles. The molecular weight excluding hydrogens is 475 g/mol. The number of anilines is 1. The van der Waals surface area contributed by atoms with E-state index in [9.17, 15) is 26.4 Å². The summed E-state index contributed by atoms with van der Waals surface area (Å²) in [7, 11) is -0.955. The lowest BCUT2D eigenvalue weighted by Crippen LogP contribution is -2.38. The zero-order chi connectivity index (χ0) is 24.9. The third kappa shape index (κ3) is 6.19. The van der Waals surface area contributed by atoms with Gasteiger partial charge in [-0.1, -0.05) is 0 Å². The van der Waals surface area contributed by atoms with Crippen molar-refractivity contribution in [2.75, 3.05) is 52.3 Å². The Hall–Kier alpha value is -2.83. The van der Waals surface area contributed by atoms with Gasteiger partial charge in [-0.05, 0) is 49.4 Å². The lowest BCUT2D eigenvalue weighted by atomic mass is 10.2. The van der Waals surface area contributed by atoms with E-state index in [4.69, 9.17) is 9.47 Å². The van der Waals surface area contributed by atoms with Crippen LogP contribution in [0.25, 0.3) is 0 Å². The van der Waals surface area contributed by atoms with Crippen LogP contribution in [0.2, 0.25) is 0 Å². The van der Waals surface area contributed by atoms with Gasteiger partial charge in [0.2, 0.25) is 15.9 Å². The van der Waals surface area contributed by atoms with Gasteiger partial charge in [-0.15, -0.1) is 0 Å². The van der Waals surface area contributed by atoms with E-state index in [1.807, 2.05) is 4.90 Å². The minimum Gasteiger partial charge on any atom is -0.497 e. The lowest BCUT2D eigenvalue weighted by molar-refractivity contribution is -0.137.